The molecule has 12 heteroatoms. The third-order valence-corrected chi connectivity index (χ3v) is 8.92. The van der Waals surface area contributed by atoms with Crippen LogP contribution in [0.25, 0.3) is 22.0 Å². The van der Waals surface area contributed by atoms with E-state index in [4.69, 9.17) is 4.74 Å². The van der Waals surface area contributed by atoms with Crippen molar-refractivity contribution in [3.8, 4) is 22.9 Å². The van der Waals surface area contributed by atoms with Crippen molar-refractivity contribution in [1.29, 1.82) is 0 Å². The van der Waals surface area contributed by atoms with Crippen molar-refractivity contribution in [2.75, 3.05) is 23.1 Å². The third-order valence-electron chi connectivity index (χ3n) is 7.08. The molecular formula is C28H28F2N6O3S. The number of piperidine rings is 1. The molecule has 0 bridgehead atoms. The summed E-state index contributed by atoms with van der Waals surface area (Å²) in [6.45, 7) is 2.50. The highest BCUT2D eigenvalue weighted by Crippen LogP contribution is 2.42. The smallest absolute Gasteiger partial charge is 0.246 e. The van der Waals surface area contributed by atoms with E-state index in [-0.39, 0.29) is 28.9 Å². The van der Waals surface area contributed by atoms with Crippen LogP contribution in [-0.4, -0.2) is 53.9 Å². The number of fused-ring (bicyclic) bond motifs is 1. The molecule has 2 aliphatic rings. The first-order valence-corrected chi connectivity index (χ1v) is 14.6. The molecule has 1 aliphatic carbocycles. The first-order valence-electron chi connectivity index (χ1n) is 13.1. The molecule has 3 heterocycles. The van der Waals surface area contributed by atoms with Crippen molar-refractivity contribution in [3.63, 3.8) is 0 Å². The van der Waals surface area contributed by atoms with Gasteiger partial charge in [0.1, 0.15) is 23.4 Å². The molecule has 1 aliphatic heterocycles. The van der Waals surface area contributed by atoms with Crippen LogP contribution in [0, 0.1) is 12.7 Å². The average Bonchev–Trinajstić information content (AvgIpc) is 3.81. The Kier molecular flexibility index (Phi) is 6.97. The standard InChI is InChI=1S/C28H28F2N6O3S/c1-16-24(30)26(36-40(37,38)20-6-7-20)21-4-2-3-5-22(21)27(16)39-28-25(33-10-11-34-28)17-8-9-32-23(12-17)35-19-13-18(29)14-31-15-19/h2-5,8-12,18-20,31,36H,6-7,13-15H2,1H3,(H,32,35)/t18-,19-/m0/s1. The van der Waals surface area contributed by atoms with Crippen LogP contribution in [0.3, 0.4) is 0 Å². The lowest BCUT2D eigenvalue weighted by atomic mass is 10.0. The molecule has 40 heavy (non-hydrogen) atoms. The number of hydrogen-bond donors (Lipinski definition) is 3. The second kappa shape index (κ2) is 10.6. The van der Waals surface area contributed by atoms with Gasteiger partial charge >= 0.3 is 0 Å². The summed E-state index contributed by atoms with van der Waals surface area (Å²) in [4.78, 5) is 13.2. The maximum Gasteiger partial charge on any atom is 0.246 e. The molecule has 0 radical (unpaired) electrons. The monoisotopic (exact) mass is 566 g/mol. The minimum atomic E-state index is -3.69. The van der Waals surface area contributed by atoms with Crippen molar-refractivity contribution in [2.45, 2.75) is 43.6 Å². The van der Waals surface area contributed by atoms with E-state index >= 15 is 4.39 Å². The zero-order chi connectivity index (χ0) is 27.9. The van der Waals surface area contributed by atoms with E-state index < -0.39 is 27.3 Å². The molecule has 0 spiro atoms. The Hall–Kier alpha value is -3.90. The fourth-order valence-electron chi connectivity index (χ4n) is 4.90. The normalized spacial score (nSPS) is 19.4. The van der Waals surface area contributed by atoms with Crippen molar-refractivity contribution in [1.82, 2.24) is 20.3 Å². The number of hydrogen-bond acceptors (Lipinski definition) is 8. The van der Waals surface area contributed by atoms with Crippen LogP contribution < -0.4 is 20.1 Å². The van der Waals surface area contributed by atoms with Gasteiger partial charge in [-0.15, -0.1) is 0 Å². The largest absolute Gasteiger partial charge is 0.436 e. The molecule has 2 fully saturated rings. The average molecular weight is 567 g/mol. The molecule has 4 aromatic rings. The highest BCUT2D eigenvalue weighted by Gasteiger charge is 2.37. The summed E-state index contributed by atoms with van der Waals surface area (Å²) in [5.74, 6) is 0.182. The van der Waals surface area contributed by atoms with Gasteiger partial charge in [-0.1, -0.05) is 24.3 Å². The maximum absolute atomic E-state index is 15.7. The van der Waals surface area contributed by atoms with Crippen LogP contribution in [0.15, 0.2) is 55.0 Å². The maximum atomic E-state index is 15.7. The Morgan fingerprint density at radius 3 is 2.58 bits per heavy atom. The number of nitrogens with zero attached hydrogens (tertiary/aromatic N) is 3. The molecule has 2 aromatic carbocycles. The van der Waals surface area contributed by atoms with E-state index in [1.54, 1.807) is 42.6 Å². The predicted octanol–water partition coefficient (Wildman–Crippen LogP) is 4.95. The molecule has 0 unspecified atom stereocenters. The number of pyridine rings is 1. The quantitative estimate of drug-likeness (QED) is 0.274. The van der Waals surface area contributed by atoms with Gasteiger partial charge in [-0.05, 0) is 31.9 Å². The molecule has 9 nitrogen and oxygen atoms in total. The fraction of sp³-hybridized carbons (Fsp3) is 0.321. The van der Waals surface area contributed by atoms with Crippen LogP contribution in [0.2, 0.25) is 0 Å². The lowest BCUT2D eigenvalue weighted by Gasteiger charge is -2.26. The van der Waals surface area contributed by atoms with Gasteiger partial charge in [0.25, 0.3) is 0 Å². The summed E-state index contributed by atoms with van der Waals surface area (Å²) >= 11 is 0. The summed E-state index contributed by atoms with van der Waals surface area (Å²) in [5.41, 5.74) is 1.09. The van der Waals surface area contributed by atoms with Crippen LogP contribution >= 0.6 is 0 Å². The second-order valence-electron chi connectivity index (χ2n) is 10.1. The number of rotatable bonds is 8. The topological polar surface area (TPSA) is 118 Å². The van der Waals surface area contributed by atoms with E-state index in [0.717, 1.165) is 0 Å². The Labute approximate surface area is 230 Å². The molecule has 6 rings (SSSR count). The Bertz CT molecular complexity index is 1680. The van der Waals surface area contributed by atoms with E-state index in [0.29, 0.717) is 60.2 Å². The zero-order valence-corrected chi connectivity index (χ0v) is 22.5. The first kappa shape index (κ1) is 26.3. The number of benzene rings is 2. The Balaban J connectivity index is 1.35. The van der Waals surface area contributed by atoms with Gasteiger partial charge < -0.3 is 15.4 Å². The van der Waals surface area contributed by atoms with Crippen molar-refractivity contribution in [2.24, 2.45) is 0 Å². The van der Waals surface area contributed by atoms with Crippen LogP contribution in [0.5, 0.6) is 11.6 Å². The Morgan fingerprint density at radius 2 is 1.80 bits per heavy atom. The molecule has 1 saturated heterocycles. The SMILES string of the molecule is Cc1c(F)c(NS(=O)(=O)C2CC2)c2ccccc2c1Oc1nccnc1-c1ccnc(N[C@@H]2CNC[C@@H](F)C2)c1. The van der Waals surface area contributed by atoms with Gasteiger partial charge in [0, 0.05) is 66.0 Å². The minimum Gasteiger partial charge on any atom is -0.436 e. The van der Waals surface area contributed by atoms with E-state index in [9.17, 15) is 12.8 Å². The van der Waals surface area contributed by atoms with Crippen molar-refractivity contribution >= 4 is 32.3 Å². The number of sulfonamides is 1. The Morgan fingerprint density at radius 1 is 1.02 bits per heavy atom. The molecule has 2 atom stereocenters. The molecule has 2 aromatic heterocycles. The molecule has 208 valence electrons. The van der Waals surface area contributed by atoms with Gasteiger partial charge in [-0.25, -0.2) is 32.2 Å². The summed E-state index contributed by atoms with van der Waals surface area (Å²) < 4.78 is 63.6. The lowest BCUT2D eigenvalue weighted by molar-refractivity contribution is 0.255. The summed E-state index contributed by atoms with van der Waals surface area (Å²) in [6.07, 6.45) is 5.18. The number of alkyl halides is 1. The number of aromatic nitrogens is 3. The van der Waals surface area contributed by atoms with Crippen LogP contribution in [-0.2, 0) is 10.0 Å². The van der Waals surface area contributed by atoms with Crippen molar-refractivity contribution in [3.05, 3.63) is 66.4 Å². The van der Waals surface area contributed by atoms with E-state index in [2.05, 4.69) is 30.3 Å². The summed E-state index contributed by atoms with van der Waals surface area (Å²) in [6, 6.07) is 10.3. The highest BCUT2D eigenvalue weighted by atomic mass is 32.2. The fourth-order valence-corrected chi connectivity index (χ4v) is 6.31. The number of halogens is 2. The number of ether oxygens (including phenoxy) is 1. The van der Waals surface area contributed by atoms with Crippen molar-refractivity contribution < 1.29 is 21.9 Å². The van der Waals surface area contributed by atoms with E-state index in [1.165, 1.54) is 19.3 Å². The zero-order valence-electron chi connectivity index (χ0n) is 21.7. The minimum absolute atomic E-state index is 0.0932. The number of nitrogens with one attached hydrogen (secondary N) is 3. The number of anilines is 2. The molecule has 0 amide bonds. The van der Waals surface area contributed by atoms with Crippen LogP contribution in [0.1, 0.15) is 24.8 Å². The first-order chi connectivity index (χ1) is 19.3. The van der Waals surface area contributed by atoms with Gasteiger partial charge in [-0.3, -0.25) is 4.72 Å². The summed E-state index contributed by atoms with van der Waals surface area (Å²) in [7, 11) is -3.69. The molecular weight excluding hydrogens is 538 g/mol. The van der Waals surface area contributed by atoms with Gasteiger partial charge in [0.05, 0.1) is 10.9 Å². The third kappa shape index (κ3) is 5.28. The van der Waals surface area contributed by atoms with Crippen LogP contribution in [0.4, 0.5) is 20.3 Å². The molecule has 3 N–H and O–H groups in total. The predicted molar refractivity (Wildman–Crippen MR) is 149 cm³/mol. The highest BCUT2D eigenvalue weighted by molar-refractivity contribution is 7.93. The van der Waals surface area contributed by atoms with Gasteiger partial charge in [0.2, 0.25) is 15.9 Å². The molecule has 1 saturated carbocycles. The summed E-state index contributed by atoms with van der Waals surface area (Å²) in [5, 5.41) is 6.71. The van der Waals surface area contributed by atoms with Gasteiger partial charge in [0.15, 0.2) is 5.82 Å². The van der Waals surface area contributed by atoms with E-state index in [1.807, 2.05) is 0 Å². The second-order valence-corrected chi connectivity index (χ2v) is 12.1. The van der Waals surface area contributed by atoms with Gasteiger partial charge in [-0.2, -0.15) is 0 Å². The lowest BCUT2D eigenvalue weighted by Crippen LogP contribution is -2.44.